The van der Waals surface area contributed by atoms with E-state index >= 15 is 0 Å². The lowest BCUT2D eigenvalue weighted by Gasteiger charge is -2.21. The van der Waals surface area contributed by atoms with Crippen LogP contribution in [-0.4, -0.2) is 96.7 Å². The maximum atomic E-state index is 12.9. The molecule has 0 aromatic carbocycles. The van der Waals surface area contributed by atoms with Crippen molar-refractivity contribution in [1.29, 1.82) is 0 Å². The van der Waals surface area contributed by atoms with Gasteiger partial charge >= 0.3 is 39.5 Å². The highest BCUT2D eigenvalue weighted by Gasteiger charge is 2.30. The molecule has 0 aliphatic rings. The van der Waals surface area contributed by atoms with E-state index in [9.17, 15) is 43.2 Å². The fourth-order valence-electron chi connectivity index (χ4n) is 8.70. The van der Waals surface area contributed by atoms with Crippen molar-refractivity contribution in [3.05, 3.63) is 0 Å². The second-order valence-corrected chi connectivity index (χ2v) is 24.8. The van der Waals surface area contributed by atoms with Gasteiger partial charge in [0.2, 0.25) is 0 Å². The van der Waals surface area contributed by atoms with E-state index in [-0.39, 0.29) is 25.7 Å². The number of carbonyl (C=O) groups excluding carboxylic acids is 4. The van der Waals surface area contributed by atoms with E-state index in [1.807, 2.05) is 0 Å². The minimum absolute atomic E-state index is 0.0988. The van der Waals surface area contributed by atoms with Crippen molar-refractivity contribution in [2.75, 3.05) is 39.6 Å². The molecule has 0 amide bonds. The molecule has 0 saturated heterocycles. The monoisotopic (exact) mass is 1160 g/mol. The number of rotatable bonds is 59. The Morgan fingerprint density at radius 3 is 0.872 bits per heavy atom. The van der Waals surface area contributed by atoms with Gasteiger partial charge in [-0.2, -0.15) is 0 Å². The molecule has 19 heteroatoms. The van der Waals surface area contributed by atoms with Crippen molar-refractivity contribution in [3.8, 4) is 0 Å². The van der Waals surface area contributed by atoms with Crippen molar-refractivity contribution in [3.63, 3.8) is 0 Å². The van der Waals surface area contributed by atoms with Gasteiger partial charge in [0.25, 0.3) is 0 Å². The third-order valence-electron chi connectivity index (χ3n) is 13.5. The van der Waals surface area contributed by atoms with E-state index < -0.39 is 97.5 Å². The topological polar surface area (TPSA) is 237 Å². The lowest BCUT2D eigenvalue weighted by molar-refractivity contribution is -0.161. The largest absolute Gasteiger partial charge is 0.472 e. The van der Waals surface area contributed by atoms with Crippen LogP contribution in [0.2, 0.25) is 0 Å². The van der Waals surface area contributed by atoms with Crippen molar-refractivity contribution in [2.24, 2.45) is 5.92 Å². The van der Waals surface area contributed by atoms with Crippen LogP contribution in [0.15, 0.2) is 0 Å². The van der Waals surface area contributed by atoms with Crippen molar-refractivity contribution >= 4 is 39.5 Å². The molecule has 0 rings (SSSR count). The maximum absolute atomic E-state index is 12.9. The molecular weight excluding hydrogens is 1040 g/mol. The lowest BCUT2D eigenvalue weighted by Crippen LogP contribution is -2.30. The molecule has 0 bridgehead atoms. The zero-order chi connectivity index (χ0) is 57.8. The van der Waals surface area contributed by atoms with Crippen LogP contribution in [0.3, 0.4) is 0 Å². The Labute approximate surface area is 473 Å². The molecule has 0 spiro atoms. The van der Waals surface area contributed by atoms with Crippen molar-refractivity contribution < 1.29 is 80.2 Å². The molecule has 78 heavy (non-hydrogen) atoms. The summed E-state index contributed by atoms with van der Waals surface area (Å²) in [6.07, 6.45) is 35.6. The van der Waals surface area contributed by atoms with Gasteiger partial charge in [-0.05, 0) is 31.6 Å². The summed E-state index contributed by atoms with van der Waals surface area (Å²) < 4.78 is 67.4. The Morgan fingerprint density at radius 2 is 0.590 bits per heavy atom. The Kier molecular flexibility index (Phi) is 51.8. The van der Waals surface area contributed by atoms with Crippen LogP contribution in [-0.2, 0) is 65.4 Å². The summed E-state index contributed by atoms with van der Waals surface area (Å²) in [5.41, 5.74) is 0. The van der Waals surface area contributed by atoms with Crippen molar-refractivity contribution in [1.82, 2.24) is 0 Å². The van der Waals surface area contributed by atoms with E-state index in [4.69, 9.17) is 37.0 Å². The van der Waals surface area contributed by atoms with Crippen molar-refractivity contribution in [2.45, 2.75) is 310 Å². The highest BCUT2D eigenvalue weighted by atomic mass is 31.2. The first kappa shape index (κ1) is 76.1. The highest BCUT2D eigenvalue weighted by Crippen LogP contribution is 2.45. The molecule has 0 aromatic rings. The summed E-state index contributed by atoms with van der Waals surface area (Å²) in [6.45, 7) is 6.96. The number of unbranched alkanes of at least 4 members (excludes halogenated alkanes) is 31. The van der Waals surface area contributed by atoms with Crippen LogP contribution in [0.25, 0.3) is 0 Å². The zero-order valence-electron chi connectivity index (χ0n) is 49.8. The molecule has 0 heterocycles. The standard InChI is InChI=1S/C59H114O17P2/c1-6-9-12-15-16-17-18-19-20-21-22-23-26-30-35-40-45-59(64)76-55(49-70-57(62)43-38-34-29-27-24-25-28-33-36-41-52(4)5)51-74-78(67,68)72-47-53(60)46-71-77(65,66)73-50-54(75-58(63)44-39-32-14-11-8-3)48-69-56(61)42-37-31-13-10-7-2/h52-55,60H,6-51H2,1-5H3,(H,65,66)(H,67,68)/t53-,54+,55+/m0/s1. The Bertz CT molecular complexity index is 1530. The number of phosphoric acid groups is 2. The Balaban J connectivity index is 5.11. The minimum atomic E-state index is -4.94. The normalized spacial score (nSPS) is 14.4. The van der Waals surface area contributed by atoms with Crippen LogP contribution in [0, 0.1) is 5.92 Å². The summed E-state index contributed by atoms with van der Waals surface area (Å²) >= 11 is 0. The molecule has 0 fully saturated rings. The molecule has 462 valence electrons. The number of carbonyl (C=O) groups is 4. The van der Waals surface area contributed by atoms with Gasteiger partial charge in [0.15, 0.2) is 12.2 Å². The average Bonchev–Trinajstić information content (AvgIpc) is 3.40. The molecule has 3 N–H and O–H groups in total. The third kappa shape index (κ3) is 53.4. The second kappa shape index (κ2) is 53.1. The smallest absolute Gasteiger partial charge is 0.462 e. The van der Waals surface area contributed by atoms with Gasteiger partial charge in [-0.25, -0.2) is 9.13 Å². The highest BCUT2D eigenvalue weighted by molar-refractivity contribution is 7.47. The lowest BCUT2D eigenvalue weighted by atomic mass is 10.0. The van der Waals surface area contributed by atoms with Gasteiger partial charge in [-0.3, -0.25) is 37.3 Å². The van der Waals surface area contributed by atoms with Crippen LogP contribution in [0.1, 0.15) is 291 Å². The fourth-order valence-corrected chi connectivity index (χ4v) is 10.3. The number of phosphoric ester groups is 2. The first-order valence-electron chi connectivity index (χ1n) is 31.1. The van der Waals surface area contributed by atoms with Gasteiger partial charge in [-0.15, -0.1) is 0 Å². The fraction of sp³-hybridized carbons (Fsp3) is 0.932. The first-order chi connectivity index (χ1) is 37.5. The molecule has 0 aliphatic carbocycles. The van der Waals surface area contributed by atoms with Crippen LogP contribution < -0.4 is 0 Å². The summed E-state index contributed by atoms with van der Waals surface area (Å²) in [4.78, 5) is 71.5. The predicted molar refractivity (Wildman–Crippen MR) is 308 cm³/mol. The van der Waals surface area contributed by atoms with Gasteiger partial charge in [-0.1, -0.05) is 240 Å². The van der Waals surface area contributed by atoms with E-state index in [1.54, 1.807) is 0 Å². The van der Waals surface area contributed by atoms with Crippen LogP contribution in [0.4, 0.5) is 0 Å². The number of hydrogen-bond acceptors (Lipinski definition) is 15. The minimum Gasteiger partial charge on any atom is -0.462 e. The first-order valence-corrected chi connectivity index (χ1v) is 34.1. The van der Waals surface area contributed by atoms with Crippen LogP contribution >= 0.6 is 15.6 Å². The molecule has 0 aliphatic heterocycles. The number of ether oxygens (including phenoxy) is 4. The molecule has 2 unspecified atom stereocenters. The average molecular weight is 1160 g/mol. The molecule has 0 aromatic heterocycles. The van der Waals surface area contributed by atoms with Gasteiger partial charge in [0.05, 0.1) is 26.4 Å². The van der Waals surface area contributed by atoms with Gasteiger partial charge in [0.1, 0.15) is 19.3 Å². The van der Waals surface area contributed by atoms with E-state index in [2.05, 4.69) is 34.6 Å². The summed E-state index contributed by atoms with van der Waals surface area (Å²) in [5, 5.41) is 10.5. The molecular formula is C59H114O17P2. The summed E-state index contributed by atoms with van der Waals surface area (Å²) in [5.74, 6) is -1.42. The quantitative estimate of drug-likeness (QED) is 0.0222. The number of aliphatic hydroxyl groups is 1. The second-order valence-electron chi connectivity index (χ2n) is 21.9. The van der Waals surface area contributed by atoms with Gasteiger partial charge in [0, 0.05) is 25.7 Å². The van der Waals surface area contributed by atoms with Crippen LogP contribution in [0.5, 0.6) is 0 Å². The summed E-state index contributed by atoms with van der Waals surface area (Å²) in [6, 6.07) is 0. The molecule has 0 saturated carbocycles. The predicted octanol–water partition coefficient (Wildman–Crippen LogP) is 15.8. The maximum Gasteiger partial charge on any atom is 0.472 e. The SMILES string of the molecule is CCCCCCCCCCCCCCCCCCC(=O)O[C@H](COC(=O)CCCCCCCCCCCC(C)C)COP(=O)(O)OC[C@@H](O)COP(=O)(O)OC[C@@H](COC(=O)CCCCCCC)OC(=O)CCCCCCC. The summed E-state index contributed by atoms with van der Waals surface area (Å²) in [7, 11) is -9.86. The number of hydrogen-bond donors (Lipinski definition) is 3. The van der Waals surface area contributed by atoms with E-state index in [1.165, 1.54) is 109 Å². The molecule has 17 nitrogen and oxygen atoms in total. The van der Waals surface area contributed by atoms with Gasteiger partial charge < -0.3 is 33.8 Å². The Hall–Kier alpha value is -1.94. The number of esters is 4. The number of aliphatic hydroxyl groups excluding tert-OH is 1. The third-order valence-corrected chi connectivity index (χ3v) is 15.4. The Morgan fingerprint density at radius 1 is 0.346 bits per heavy atom. The van der Waals surface area contributed by atoms with E-state index in [0.29, 0.717) is 25.7 Å². The van der Waals surface area contributed by atoms with E-state index in [0.717, 1.165) is 102 Å². The molecule has 0 radical (unpaired) electrons. The molecule has 5 atom stereocenters. The zero-order valence-corrected chi connectivity index (χ0v) is 51.6.